The van der Waals surface area contributed by atoms with Gasteiger partial charge in [-0.1, -0.05) is 12.8 Å². The maximum absolute atomic E-state index is 13.7. The van der Waals surface area contributed by atoms with Crippen molar-refractivity contribution in [2.75, 3.05) is 0 Å². The van der Waals surface area contributed by atoms with Crippen molar-refractivity contribution in [2.24, 2.45) is 5.73 Å². The first-order valence-corrected chi connectivity index (χ1v) is 6.54. The summed E-state index contributed by atoms with van der Waals surface area (Å²) in [6.45, 7) is 0. The number of halogens is 2. The van der Waals surface area contributed by atoms with Crippen LogP contribution in [0.4, 0.5) is 14.5 Å². The molecule has 0 spiro atoms. The Balaban J connectivity index is 2.22. The third-order valence-electron chi connectivity index (χ3n) is 3.47. The maximum atomic E-state index is 13.7. The number of non-ortho nitro benzene ring substituents is 1. The number of hydrogen-bond donors (Lipinski definition) is 1. The predicted octanol–water partition coefficient (Wildman–Crippen LogP) is 2.91. The van der Waals surface area contributed by atoms with Gasteiger partial charge in [-0.3, -0.25) is 10.1 Å². The van der Waals surface area contributed by atoms with Gasteiger partial charge in [0.15, 0.2) is 17.4 Å². The van der Waals surface area contributed by atoms with E-state index in [1.54, 1.807) is 0 Å². The fourth-order valence-corrected chi connectivity index (χ4v) is 2.36. The number of ether oxygens (including phenoxy) is 1. The average Bonchev–Trinajstić information content (AvgIpc) is 2.58. The van der Waals surface area contributed by atoms with Gasteiger partial charge in [-0.05, 0) is 19.3 Å². The van der Waals surface area contributed by atoms with Crippen LogP contribution < -0.4 is 10.5 Å². The minimum atomic E-state index is -1.08. The van der Waals surface area contributed by atoms with E-state index >= 15 is 0 Å². The van der Waals surface area contributed by atoms with Gasteiger partial charge in [-0.25, -0.2) is 8.78 Å². The Morgan fingerprint density at radius 3 is 2.40 bits per heavy atom. The first-order valence-electron chi connectivity index (χ1n) is 6.54. The number of rotatable bonds is 3. The van der Waals surface area contributed by atoms with Gasteiger partial charge in [-0.15, -0.1) is 0 Å². The van der Waals surface area contributed by atoms with Crippen LogP contribution in [0, 0.1) is 21.7 Å². The van der Waals surface area contributed by atoms with Gasteiger partial charge in [0, 0.05) is 6.04 Å². The molecule has 0 heterocycles. The van der Waals surface area contributed by atoms with Crippen LogP contribution >= 0.6 is 0 Å². The van der Waals surface area contributed by atoms with Gasteiger partial charge in [-0.2, -0.15) is 0 Å². The van der Waals surface area contributed by atoms with E-state index in [1.807, 2.05) is 0 Å². The van der Waals surface area contributed by atoms with Gasteiger partial charge in [0.2, 0.25) is 0 Å². The highest BCUT2D eigenvalue weighted by Crippen LogP contribution is 2.30. The van der Waals surface area contributed by atoms with Crippen LogP contribution in [0.25, 0.3) is 0 Å². The Kier molecular flexibility index (Phi) is 4.49. The van der Waals surface area contributed by atoms with E-state index in [1.165, 1.54) is 0 Å². The van der Waals surface area contributed by atoms with Crippen LogP contribution in [0.15, 0.2) is 12.1 Å². The highest BCUT2D eigenvalue weighted by atomic mass is 19.1. The van der Waals surface area contributed by atoms with Gasteiger partial charge in [0.05, 0.1) is 17.1 Å². The maximum Gasteiger partial charge on any atom is 0.275 e. The number of nitrogens with zero attached hydrogens (tertiary/aromatic N) is 1. The smallest absolute Gasteiger partial charge is 0.275 e. The first kappa shape index (κ1) is 14.6. The van der Waals surface area contributed by atoms with Crippen molar-refractivity contribution in [3.8, 4) is 5.75 Å². The molecule has 0 aliphatic heterocycles. The van der Waals surface area contributed by atoms with Crippen molar-refractivity contribution in [3.63, 3.8) is 0 Å². The Hall–Kier alpha value is -1.76. The van der Waals surface area contributed by atoms with E-state index in [4.69, 9.17) is 10.5 Å². The van der Waals surface area contributed by atoms with Gasteiger partial charge >= 0.3 is 0 Å². The van der Waals surface area contributed by atoms with Crippen LogP contribution in [0.5, 0.6) is 5.75 Å². The minimum Gasteiger partial charge on any atom is -0.483 e. The SMILES string of the molecule is NC1CCCCCC1Oc1c(F)cc([N+](=O)[O-])cc1F. The molecule has 110 valence electrons. The fraction of sp³-hybridized carbons (Fsp3) is 0.538. The fourth-order valence-electron chi connectivity index (χ4n) is 2.36. The normalized spacial score (nSPS) is 23.1. The van der Waals surface area contributed by atoms with E-state index < -0.39 is 34.1 Å². The lowest BCUT2D eigenvalue weighted by Gasteiger charge is -2.23. The third kappa shape index (κ3) is 3.22. The molecule has 1 fully saturated rings. The molecule has 7 heteroatoms. The Labute approximate surface area is 114 Å². The van der Waals surface area contributed by atoms with Crippen LogP contribution in [0.1, 0.15) is 32.1 Å². The molecule has 0 bridgehead atoms. The number of nitro groups is 1. The third-order valence-corrected chi connectivity index (χ3v) is 3.47. The van der Waals surface area contributed by atoms with Crippen molar-refractivity contribution >= 4 is 5.69 Å². The quantitative estimate of drug-likeness (QED) is 0.526. The molecule has 0 saturated heterocycles. The Morgan fingerprint density at radius 2 is 1.80 bits per heavy atom. The lowest BCUT2D eigenvalue weighted by Crippen LogP contribution is -2.38. The van der Waals surface area contributed by atoms with E-state index in [9.17, 15) is 18.9 Å². The van der Waals surface area contributed by atoms with Crippen molar-refractivity contribution in [1.82, 2.24) is 0 Å². The molecule has 2 unspecified atom stereocenters. The molecule has 5 nitrogen and oxygen atoms in total. The molecule has 2 rings (SSSR count). The predicted molar refractivity (Wildman–Crippen MR) is 68.5 cm³/mol. The zero-order valence-corrected chi connectivity index (χ0v) is 10.9. The number of nitro benzene ring substituents is 1. The molecule has 1 aromatic rings. The van der Waals surface area contributed by atoms with Crippen molar-refractivity contribution < 1.29 is 18.4 Å². The summed E-state index contributed by atoms with van der Waals surface area (Å²) in [6, 6.07) is 1.02. The summed E-state index contributed by atoms with van der Waals surface area (Å²) in [4.78, 5) is 9.66. The number of benzene rings is 1. The zero-order chi connectivity index (χ0) is 14.7. The molecule has 1 aliphatic carbocycles. The summed E-state index contributed by atoms with van der Waals surface area (Å²) in [5, 5.41) is 10.5. The molecule has 20 heavy (non-hydrogen) atoms. The van der Waals surface area contributed by atoms with Gasteiger partial charge in [0.1, 0.15) is 6.10 Å². The molecule has 0 aromatic heterocycles. The summed E-state index contributed by atoms with van der Waals surface area (Å²) in [6.07, 6.45) is 3.75. The summed E-state index contributed by atoms with van der Waals surface area (Å²) in [5.74, 6) is -2.74. The molecular weight excluding hydrogens is 270 g/mol. The minimum absolute atomic E-state index is 0.286. The van der Waals surface area contributed by atoms with Crippen molar-refractivity contribution in [3.05, 3.63) is 33.9 Å². The Morgan fingerprint density at radius 1 is 1.20 bits per heavy atom. The summed E-state index contributed by atoms with van der Waals surface area (Å²) < 4.78 is 32.8. The summed E-state index contributed by atoms with van der Waals surface area (Å²) >= 11 is 0. The van der Waals surface area contributed by atoms with E-state index in [2.05, 4.69) is 0 Å². The van der Waals surface area contributed by atoms with Crippen LogP contribution in [0.2, 0.25) is 0 Å². The van der Waals surface area contributed by atoms with Gasteiger partial charge < -0.3 is 10.5 Å². The van der Waals surface area contributed by atoms with E-state index in [-0.39, 0.29) is 6.04 Å². The highest BCUT2D eigenvalue weighted by molar-refractivity contribution is 5.39. The molecule has 2 N–H and O–H groups in total. The second kappa shape index (κ2) is 6.13. The van der Waals surface area contributed by atoms with E-state index in [0.717, 1.165) is 25.7 Å². The van der Waals surface area contributed by atoms with Crippen molar-refractivity contribution in [2.45, 2.75) is 44.2 Å². The molecule has 1 saturated carbocycles. The monoisotopic (exact) mass is 286 g/mol. The molecule has 0 radical (unpaired) electrons. The lowest BCUT2D eigenvalue weighted by atomic mass is 10.1. The molecule has 1 aromatic carbocycles. The molecule has 1 aliphatic rings. The standard InChI is InChI=1S/C13H16F2N2O3/c14-9-6-8(17(18)19)7-10(15)13(9)20-12-5-3-1-2-4-11(12)16/h6-7,11-12H,1-5,16H2. The summed E-state index contributed by atoms with van der Waals surface area (Å²) in [7, 11) is 0. The zero-order valence-electron chi connectivity index (χ0n) is 10.9. The first-order chi connectivity index (χ1) is 9.49. The molecular formula is C13H16F2N2O3. The topological polar surface area (TPSA) is 78.4 Å². The average molecular weight is 286 g/mol. The highest BCUT2D eigenvalue weighted by Gasteiger charge is 2.26. The molecule has 2 atom stereocenters. The van der Waals surface area contributed by atoms with Crippen molar-refractivity contribution in [1.29, 1.82) is 0 Å². The summed E-state index contributed by atoms with van der Waals surface area (Å²) in [5.41, 5.74) is 5.29. The second-order valence-corrected chi connectivity index (χ2v) is 4.95. The number of hydrogen-bond acceptors (Lipinski definition) is 4. The van der Waals surface area contributed by atoms with E-state index in [0.29, 0.717) is 18.6 Å². The van der Waals surface area contributed by atoms with Crippen LogP contribution in [-0.4, -0.2) is 17.1 Å². The molecule has 0 amide bonds. The van der Waals surface area contributed by atoms with Crippen LogP contribution in [0.3, 0.4) is 0 Å². The largest absolute Gasteiger partial charge is 0.483 e. The second-order valence-electron chi connectivity index (χ2n) is 4.95. The van der Waals surface area contributed by atoms with Gasteiger partial charge in [0.25, 0.3) is 5.69 Å². The Bertz CT molecular complexity index is 487. The lowest BCUT2D eigenvalue weighted by molar-refractivity contribution is -0.385. The number of nitrogens with two attached hydrogens (primary N) is 1. The van der Waals surface area contributed by atoms with Crippen LogP contribution in [-0.2, 0) is 0 Å².